The van der Waals surface area contributed by atoms with Gasteiger partial charge in [-0.1, -0.05) is 167 Å². The number of carbonyl (C=O) groups is 4. The lowest BCUT2D eigenvalue weighted by molar-refractivity contribution is -0.197. The number of carbonyl (C=O) groups excluding carboxylic acids is 4. The molecular weight excluding hydrogens is 793 g/mol. The predicted molar refractivity (Wildman–Crippen MR) is 247 cm³/mol. The summed E-state index contributed by atoms with van der Waals surface area (Å²) in [6.45, 7) is 14.1. The van der Waals surface area contributed by atoms with Crippen LogP contribution in [0.4, 0.5) is 5.69 Å². The fourth-order valence-corrected chi connectivity index (χ4v) is 10.9. The lowest BCUT2D eigenvalue weighted by atomic mass is 9.73. The first-order valence-electron chi connectivity index (χ1n) is 24.7. The van der Waals surface area contributed by atoms with E-state index in [1.54, 1.807) is 12.1 Å². The Hall–Kier alpha value is -3.44. The molecule has 0 saturated carbocycles. The summed E-state index contributed by atoms with van der Waals surface area (Å²) in [6.07, 6.45) is 16.7. The van der Waals surface area contributed by atoms with Gasteiger partial charge in [0.05, 0.1) is 48.4 Å². The Labute approximate surface area is 378 Å². The number of imide groups is 2. The number of hydrogen-bond donors (Lipinski definition) is 0. The van der Waals surface area contributed by atoms with Crippen LogP contribution in [0.25, 0.3) is 0 Å². The van der Waals surface area contributed by atoms with E-state index in [1.807, 2.05) is 57.2 Å². The molecule has 10 nitrogen and oxygen atoms in total. The highest BCUT2D eigenvalue weighted by Crippen LogP contribution is 2.51. The van der Waals surface area contributed by atoms with Gasteiger partial charge in [0.2, 0.25) is 23.6 Å². The van der Waals surface area contributed by atoms with Crippen molar-refractivity contribution in [2.75, 3.05) is 31.3 Å². The van der Waals surface area contributed by atoms with Crippen LogP contribution in [0.15, 0.2) is 60.7 Å². The zero-order valence-electron chi connectivity index (χ0n) is 39.4. The molecule has 2 aromatic carbocycles. The second-order valence-corrected chi connectivity index (χ2v) is 20.2. The average molecular weight is 871 g/mol. The van der Waals surface area contributed by atoms with Crippen LogP contribution in [-0.4, -0.2) is 79.5 Å². The van der Waals surface area contributed by atoms with Crippen molar-refractivity contribution in [2.24, 2.45) is 34.5 Å². The Bertz CT molecular complexity index is 1770. The molecule has 4 saturated heterocycles. The van der Waals surface area contributed by atoms with Gasteiger partial charge in [0, 0.05) is 25.2 Å². The standard InChI is InChI=1S/C53H78N2O8/c1-7-9-10-11-12-13-14-15-16-17-18-19-20-27-34-54-47(56)43-44(48(54)57)51(63-45(43)52(3,4)36-38-29-23-21-24-30-38)61-37-53(5,6)46-42-41(40(62-46)33-28-35-60-8-2)49(58)55(50(42)59)39-31-25-22-26-32-39/h21-26,29-32,40-46,51H,7-20,27-28,33-37H2,1-6H3. The molecule has 0 spiro atoms. The fraction of sp³-hybridized carbons (Fsp3) is 0.698. The number of unbranched alkanes of at least 4 members (excludes halogenated alkanes) is 13. The molecule has 348 valence electrons. The van der Waals surface area contributed by atoms with E-state index in [0.29, 0.717) is 44.7 Å². The SMILES string of the molecule is CCCCCCCCCCCCCCCCN1C(=O)C2C(OCC(C)(C)C3OC(CCCOCC)C4C(=O)N(c5ccccc5)C(=O)C43)OC(C(C)(C)Cc3ccccc3)C2C1=O. The molecule has 4 heterocycles. The van der Waals surface area contributed by atoms with Gasteiger partial charge in [-0.2, -0.15) is 0 Å². The van der Waals surface area contributed by atoms with E-state index in [4.69, 9.17) is 18.9 Å². The molecular formula is C53H78N2O8. The maximum Gasteiger partial charge on any atom is 0.240 e. The zero-order valence-corrected chi connectivity index (χ0v) is 39.4. The maximum atomic E-state index is 14.4. The van der Waals surface area contributed by atoms with Gasteiger partial charge in [0.1, 0.15) is 5.92 Å². The van der Waals surface area contributed by atoms with E-state index in [1.165, 1.54) is 80.4 Å². The lowest BCUT2D eigenvalue weighted by Crippen LogP contribution is -2.45. The molecule has 0 radical (unpaired) electrons. The molecule has 0 bridgehead atoms. The van der Waals surface area contributed by atoms with Crippen molar-refractivity contribution in [3.8, 4) is 0 Å². The van der Waals surface area contributed by atoms with Crippen molar-refractivity contribution < 1.29 is 38.1 Å². The number of rotatable bonds is 28. The van der Waals surface area contributed by atoms with Gasteiger partial charge < -0.3 is 18.9 Å². The van der Waals surface area contributed by atoms with Crippen LogP contribution in [-0.2, 0) is 44.5 Å². The summed E-state index contributed by atoms with van der Waals surface area (Å²) in [5, 5.41) is 0. The van der Waals surface area contributed by atoms with Gasteiger partial charge in [-0.25, -0.2) is 4.90 Å². The molecule has 0 aromatic heterocycles. The van der Waals surface area contributed by atoms with Crippen molar-refractivity contribution in [3.05, 3.63) is 66.2 Å². The van der Waals surface area contributed by atoms with Crippen LogP contribution in [0.1, 0.15) is 150 Å². The highest BCUT2D eigenvalue weighted by molar-refractivity contribution is 6.22. The van der Waals surface area contributed by atoms with Crippen LogP contribution in [0.5, 0.6) is 0 Å². The zero-order chi connectivity index (χ0) is 45.0. The van der Waals surface area contributed by atoms with Crippen molar-refractivity contribution >= 4 is 29.3 Å². The number of amides is 4. The van der Waals surface area contributed by atoms with E-state index in [2.05, 4.69) is 32.9 Å². The van der Waals surface area contributed by atoms with E-state index in [9.17, 15) is 19.2 Å². The van der Waals surface area contributed by atoms with Crippen molar-refractivity contribution in [2.45, 2.75) is 175 Å². The normalized spacial score (nSPS) is 26.1. The maximum absolute atomic E-state index is 14.4. The molecule has 4 aliphatic heterocycles. The highest BCUT2D eigenvalue weighted by atomic mass is 16.7. The molecule has 8 atom stereocenters. The van der Waals surface area contributed by atoms with Gasteiger partial charge in [0.15, 0.2) is 6.29 Å². The van der Waals surface area contributed by atoms with Crippen molar-refractivity contribution in [1.82, 2.24) is 4.90 Å². The van der Waals surface area contributed by atoms with Gasteiger partial charge >= 0.3 is 0 Å². The molecule has 2 aromatic rings. The number of fused-ring (bicyclic) bond motifs is 2. The third-order valence-corrected chi connectivity index (χ3v) is 14.2. The minimum absolute atomic E-state index is 0.0967. The molecule has 0 aliphatic carbocycles. The first-order valence-corrected chi connectivity index (χ1v) is 24.7. The molecule has 4 fully saturated rings. The van der Waals surface area contributed by atoms with Crippen LogP contribution >= 0.6 is 0 Å². The van der Waals surface area contributed by atoms with Gasteiger partial charge in [-0.15, -0.1) is 0 Å². The largest absolute Gasteiger partial charge is 0.382 e. The Kier molecular flexibility index (Phi) is 18.0. The van der Waals surface area contributed by atoms with E-state index < -0.39 is 59.1 Å². The summed E-state index contributed by atoms with van der Waals surface area (Å²) >= 11 is 0. The quantitative estimate of drug-likeness (QED) is 0.0614. The minimum Gasteiger partial charge on any atom is -0.382 e. The van der Waals surface area contributed by atoms with E-state index in [0.717, 1.165) is 24.8 Å². The van der Waals surface area contributed by atoms with E-state index >= 15 is 0 Å². The Morgan fingerprint density at radius 1 is 0.571 bits per heavy atom. The lowest BCUT2D eigenvalue weighted by Gasteiger charge is -2.36. The number of anilines is 1. The van der Waals surface area contributed by atoms with Crippen LogP contribution < -0.4 is 4.90 Å². The van der Waals surface area contributed by atoms with Crippen molar-refractivity contribution in [1.29, 1.82) is 0 Å². The van der Waals surface area contributed by atoms with Gasteiger partial charge in [0.25, 0.3) is 0 Å². The third kappa shape index (κ3) is 11.9. The summed E-state index contributed by atoms with van der Waals surface area (Å²) < 4.78 is 25.8. The summed E-state index contributed by atoms with van der Waals surface area (Å²) in [4.78, 5) is 60.0. The number of likely N-dealkylation sites (tertiary alicyclic amines) is 1. The van der Waals surface area contributed by atoms with Crippen LogP contribution in [0.2, 0.25) is 0 Å². The number of benzene rings is 2. The first kappa shape index (κ1) is 49.0. The molecule has 8 unspecified atom stereocenters. The van der Waals surface area contributed by atoms with Crippen LogP contribution in [0.3, 0.4) is 0 Å². The Morgan fingerprint density at radius 3 is 1.70 bits per heavy atom. The average Bonchev–Trinajstić information content (AvgIpc) is 3.99. The van der Waals surface area contributed by atoms with Crippen molar-refractivity contribution in [3.63, 3.8) is 0 Å². The number of hydrogen-bond acceptors (Lipinski definition) is 8. The summed E-state index contributed by atoms with van der Waals surface area (Å²) in [5.74, 6) is -3.65. The number of nitrogens with zero attached hydrogens (tertiary/aromatic N) is 2. The molecule has 10 heteroatoms. The second kappa shape index (κ2) is 23.1. The van der Waals surface area contributed by atoms with Gasteiger partial charge in [-0.3, -0.25) is 24.1 Å². The summed E-state index contributed by atoms with van der Waals surface area (Å²) in [5.41, 5.74) is 0.428. The Morgan fingerprint density at radius 2 is 1.10 bits per heavy atom. The predicted octanol–water partition coefficient (Wildman–Crippen LogP) is 10.5. The molecule has 4 amide bonds. The first-order chi connectivity index (χ1) is 30.4. The number of para-hydroxylation sites is 1. The topological polar surface area (TPSA) is 112 Å². The molecule has 4 aliphatic rings. The fourth-order valence-electron chi connectivity index (χ4n) is 10.9. The third-order valence-electron chi connectivity index (χ3n) is 14.2. The van der Waals surface area contributed by atoms with Crippen LogP contribution in [0, 0.1) is 34.5 Å². The minimum atomic E-state index is -0.951. The number of ether oxygens (including phenoxy) is 4. The smallest absolute Gasteiger partial charge is 0.240 e. The van der Waals surface area contributed by atoms with Gasteiger partial charge in [-0.05, 0) is 55.7 Å². The molecule has 0 N–H and O–H groups in total. The molecule has 63 heavy (non-hydrogen) atoms. The monoisotopic (exact) mass is 871 g/mol. The second-order valence-electron chi connectivity index (χ2n) is 20.2. The highest BCUT2D eigenvalue weighted by Gasteiger charge is 2.65. The van der Waals surface area contributed by atoms with E-state index in [-0.39, 0.29) is 30.2 Å². The summed E-state index contributed by atoms with van der Waals surface area (Å²) in [7, 11) is 0. The Balaban J connectivity index is 1.10. The molecule has 6 rings (SSSR count). The summed E-state index contributed by atoms with van der Waals surface area (Å²) in [6, 6.07) is 19.3.